The number of nitrogens with zero attached hydrogens (tertiary/aromatic N) is 1. The molecule has 0 fully saturated rings. The Labute approximate surface area is 147 Å². The number of hydrogen-bond donors (Lipinski definition) is 0. The van der Waals surface area contributed by atoms with Crippen LogP contribution in [0.1, 0.15) is 50.2 Å². The fourth-order valence-electron chi connectivity index (χ4n) is 3.16. The van der Waals surface area contributed by atoms with Crippen molar-refractivity contribution in [3.05, 3.63) is 71.8 Å². The molecule has 0 aliphatic heterocycles. The van der Waals surface area contributed by atoms with Crippen LogP contribution in [-0.2, 0) is 4.79 Å². The highest BCUT2D eigenvalue weighted by molar-refractivity contribution is 5.32. The first-order chi connectivity index (χ1) is 11.8. The van der Waals surface area contributed by atoms with Crippen molar-refractivity contribution in [1.82, 2.24) is 4.90 Å². The van der Waals surface area contributed by atoms with Gasteiger partial charge in [0.25, 0.3) is 0 Å². The molecule has 0 bridgehead atoms. The molecule has 0 aliphatic carbocycles. The fourth-order valence-corrected chi connectivity index (χ4v) is 3.16. The Morgan fingerprint density at radius 3 is 1.75 bits per heavy atom. The highest BCUT2D eigenvalue weighted by Crippen LogP contribution is 2.29. The molecule has 0 radical (unpaired) electrons. The Morgan fingerprint density at radius 2 is 1.33 bits per heavy atom. The summed E-state index contributed by atoms with van der Waals surface area (Å²) in [6, 6.07) is 21.9. The smallest absolute Gasteiger partial charge is 0.106 e. The van der Waals surface area contributed by atoms with Gasteiger partial charge in [-0.05, 0) is 50.0 Å². The number of benzene rings is 2. The molecule has 0 heterocycles. The van der Waals surface area contributed by atoms with E-state index in [9.17, 15) is 0 Å². The lowest BCUT2D eigenvalue weighted by molar-refractivity contribution is -0.0979. The maximum atomic E-state index is 8.00. The van der Waals surface area contributed by atoms with Gasteiger partial charge in [0.15, 0.2) is 0 Å². The van der Waals surface area contributed by atoms with Gasteiger partial charge in [0.1, 0.15) is 6.79 Å². The number of carbonyl (C=O) groups excluding carboxylic acids is 1. The molecule has 0 aliphatic rings. The zero-order valence-electron chi connectivity index (χ0n) is 15.2. The minimum Gasteiger partial charge on any atom is -0.307 e. The van der Waals surface area contributed by atoms with Crippen molar-refractivity contribution >= 4 is 6.79 Å². The SMILES string of the molecule is C=O.CCCN(CC)CCCC(c1ccccc1)c1ccccc1. The predicted octanol–water partition coefficient (Wildman–Crippen LogP) is 5.15. The fraction of sp³-hybridized carbons (Fsp3) is 0.409. The Bertz CT molecular complexity index is 487. The van der Waals surface area contributed by atoms with E-state index >= 15 is 0 Å². The van der Waals surface area contributed by atoms with Gasteiger partial charge >= 0.3 is 0 Å². The van der Waals surface area contributed by atoms with Gasteiger partial charge in [-0.25, -0.2) is 0 Å². The van der Waals surface area contributed by atoms with Crippen molar-refractivity contribution in [2.45, 2.75) is 39.0 Å². The third-order valence-corrected chi connectivity index (χ3v) is 4.36. The van der Waals surface area contributed by atoms with Crippen molar-refractivity contribution in [2.75, 3.05) is 19.6 Å². The first-order valence-electron chi connectivity index (χ1n) is 8.96. The Balaban J connectivity index is 0.00000139. The van der Waals surface area contributed by atoms with Crippen LogP contribution in [0.25, 0.3) is 0 Å². The van der Waals surface area contributed by atoms with E-state index in [-0.39, 0.29) is 0 Å². The minimum absolute atomic E-state index is 0.516. The van der Waals surface area contributed by atoms with Gasteiger partial charge in [-0.1, -0.05) is 74.5 Å². The van der Waals surface area contributed by atoms with E-state index in [4.69, 9.17) is 4.79 Å². The van der Waals surface area contributed by atoms with E-state index in [2.05, 4.69) is 79.4 Å². The van der Waals surface area contributed by atoms with Crippen molar-refractivity contribution < 1.29 is 4.79 Å². The normalized spacial score (nSPS) is 10.5. The van der Waals surface area contributed by atoms with Crippen LogP contribution in [0.5, 0.6) is 0 Å². The molecule has 130 valence electrons. The molecule has 0 saturated carbocycles. The summed E-state index contributed by atoms with van der Waals surface area (Å²) in [7, 11) is 0. The van der Waals surface area contributed by atoms with Gasteiger partial charge in [0, 0.05) is 5.92 Å². The molecule has 0 N–H and O–H groups in total. The molecular weight excluding hydrogens is 294 g/mol. The van der Waals surface area contributed by atoms with E-state index in [1.807, 2.05) is 6.79 Å². The van der Waals surface area contributed by atoms with Crippen LogP contribution < -0.4 is 0 Å². The van der Waals surface area contributed by atoms with Gasteiger partial charge in [0.2, 0.25) is 0 Å². The molecule has 0 spiro atoms. The summed E-state index contributed by atoms with van der Waals surface area (Å²) in [5, 5.41) is 0. The summed E-state index contributed by atoms with van der Waals surface area (Å²) in [5.41, 5.74) is 2.87. The second-order valence-electron chi connectivity index (χ2n) is 5.95. The topological polar surface area (TPSA) is 20.3 Å². The molecule has 2 nitrogen and oxygen atoms in total. The molecule has 0 unspecified atom stereocenters. The lowest BCUT2D eigenvalue weighted by Gasteiger charge is -2.22. The van der Waals surface area contributed by atoms with Crippen LogP contribution >= 0.6 is 0 Å². The van der Waals surface area contributed by atoms with Crippen LogP contribution in [-0.4, -0.2) is 31.3 Å². The van der Waals surface area contributed by atoms with Crippen LogP contribution in [0.3, 0.4) is 0 Å². The molecule has 0 amide bonds. The van der Waals surface area contributed by atoms with Gasteiger partial charge in [-0.3, -0.25) is 0 Å². The standard InChI is InChI=1S/C21H29N.CH2O/c1-3-17-22(4-2)18-11-16-21(19-12-7-5-8-13-19)20-14-9-6-10-15-20;1-2/h5-10,12-15,21H,3-4,11,16-18H2,1-2H3;1H2. The zero-order valence-corrected chi connectivity index (χ0v) is 15.2. The van der Waals surface area contributed by atoms with E-state index in [0.717, 1.165) is 6.54 Å². The van der Waals surface area contributed by atoms with Crippen LogP contribution in [0.15, 0.2) is 60.7 Å². The van der Waals surface area contributed by atoms with Gasteiger partial charge in [-0.15, -0.1) is 0 Å². The third-order valence-electron chi connectivity index (χ3n) is 4.36. The summed E-state index contributed by atoms with van der Waals surface area (Å²) in [5.74, 6) is 0.516. The zero-order chi connectivity index (χ0) is 17.6. The first-order valence-corrected chi connectivity index (χ1v) is 8.96. The first kappa shape index (κ1) is 20.1. The Morgan fingerprint density at radius 1 is 0.833 bits per heavy atom. The highest BCUT2D eigenvalue weighted by Gasteiger charge is 2.14. The van der Waals surface area contributed by atoms with E-state index in [1.165, 1.54) is 43.5 Å². The average molecular weight is 325 g/mol. The summed E-state index contributed by atoms with van der Waals surface area (Å²) < 4.78 is 0. The van der Waals surface area contributed by atoms with Gasteiger partial charge in [0.05, 0.1) is 0 Å². The Hall–Kier alpha value is -1.93. The van der Waals surface area contributed by atoms with Gasteiger partial charge in [-0.2, -0.15) is 0 Å². The number of hydrogen-bond acceptors (Lipinski definition) is 2. The molecule has 2 aromatic carbocycles. The highest BCUT2D eigenvalue weighted by atomic mass is 16.1. The monoisotopic (exact) mass is 325 g/mol. The molecule has 2 rings (SSSR count). The summed E-state index contributed by atoms with van der Waals surface area (Å²) in [4.78, 5) is 10.6. The van der Waals surface area contributed by atoms with Crippen molar-refractivity contribution in [3.63, 3.8) is 0 Å². The minimum atomic E-state index is 0.516. The van der Waals surface area contributed by atoms with Crippen LogP contribution in [0, 0.1) is 0 Å². The summed E-state index contributed by atoms with van der Waals surface area (Å²) in [6.07, 6.45) is 3.71. The maximum absolute atomic E-state index is 8.00. The lowest BCUT2D eigenvalue weighted by Crippen LogP contribution is -2.25. The molecular formula is C22H31NO. The molecule has 0 saturated heterocycles. The quantitative estimate of drug-likeness (QED) is 0.636. The predicted molar refractivity (Wildman–Crippen MR) is 103 cm³/mol. The van der Waals surface area contributed by atoms with Crippen LogP contribution in [0.4, 0.5) is 0 Å². The van der Waals surface area contributed by atoms with Crippen LogP contribution in [0.2, 0.25) is 0 Å². The molecule has 24 heavy (non-hydrogen) atoms. The lowest BCUT2D eigenvalue weighted by atomic mass is 9.87. The van der Waals surface area contributed by atoms with E-state index in [1.54, 1.807) is 0 Å². The van der Waals surface area contributed by atoms with Crippen molar-refractivity contribution in [2.24, 2.45) is 0 Å². The molecule has 2 heteroatoms. The number of carbonyl (C=O) groups is 1. The Kier molecular flexibility index (Phi) is 10.5. The van der Waals surface area contributed by atoms with Crippen molar-refractivity contribution in [3.8, 4) is 0 Å². The second-order valence-corrected chi connectivity index (χ2v) is 5.95. The molecule has 2 aromatic rings. The van der Waals surface area contributed by atoms with E-state index in [0.29, 0.717) is 5.92 Å². The molecule has 0 aromatic heterocycles. The van der Waals surface area contributed by atoms with Crippen molar-refractivity contribution in [1.29, 1.82) is 0 Å². The second kappa shape index (κ2) is 12.5. The average Bonchev–Trinajstić information content (AvgIpc) is 2.67. The summed E-state index contributed by atoms with van der Waals surface area (Å²) in [6.45, 7) is 10.1. The third kappa shape index (κ3) is 6.67. The molecule has 0 atom stereocenters. The summed E-state index contributed by atoms with van der Waals surface area (Å²) >= 11 is 0. The van der Waals surface area contributed by atoms with E-state index < -0.39 is 0 Å². The van der Waals surface area contributed by atoms with Gasteiger partial charge < -0.3 is 9.69 Å². The number of rotatable bonds is 9. The largest absolute Gasteiger partial charge is 0.307 e. The maximum Gasteiger partial charge on any atom is 0.106 e.